The van der Waals surface area contributed by atoms with Crippen LogP contribution in [0.4, 0.5) is 0 Å². The number of carbonyl (C=O) groups is 1. The summed E-state index contributed by atoms with van der Waals surface area (Å²) in [5.41, 5.74) is 6.95. The van der Waals surface area contributed by atoms with Gasteiger partial charge in [-0.2, -0.15) is 5.10 Å². The number of carboxylic acids is 1. The van der Waals surface area contributed by atoms with Crippen molar-refractivity contribution in [2.45, 2.75) is 33.1 Å². The zero-order valence-corrected chi connectivity index (χ0v) is 12.2. The van der Waals surface area contributed by atoms with Crippen molar-refractivity contribution in [2.24, 2.45) is 10.7 Å². The SMILES string of the molecule is C=C(C)N=C/C(=C\N)n1nc(C(C)(C)C)cc1C(=O)O. The van der Waals surface area contributed by atoms with Crippen molar-refractivity contribution in [3.05, 3.63) is 35.9 Å². The molecule has 0 aliphatic heterocycles. The third kappa shape index (κ3) is 3.57. The van der Waals surface area contributed by atoms with E-state index in [-0.39, 0.29) is 11.1 Å². The minimum absolute atomic E-state index is 0.0415. The molecule has 1 aromatic heterocycles. The van der Waals surface area contributed by atoms with Gasteiger partial charge in [-0.25, -0.2) is 9.48 Å². The van der Waals surface area contributed by atoms with Gasteiger partial charge in [-0.15, -0.1) is 0 Å². The first-order valence-corrected chi connectivity index (χ1v) is 6.12. The highest BCUT2D eigenvalue weighted by Gasteiger charge is 2.23. The molecule has 0 radical (unpaired) electrons. The van der Waals surface area contributed by atoms with E-state index in [1.54, 1.807) is 13.0 Å². The van der Waals surface area contributed by atoms with Gasteiger partial charge in [0.15, 0.2) is 5.69 Å². The van der Waals surface area contributed by atoms with Crippen LogP contribution in [0.2, 0.25) is 0 Å². The van der Waals surface area contributed by atoms with Crippen molar-refractivity contribution < 1.29 is 9.90 Å². The quantitative estimate of drug-likeness (QED) is 0.825. The minimum Gasteiger partial charge on any atom is -0.477 e. The summed E-state index contributed by atoms with van der Waals surface area (Å²) in [6.07, 6.45) is 2.70. The summed E-state index contributed by atoms with van der Waals surface area (Å²) in [5.74, 6) is -1.07. The summed E-state index contributed by atoms with van der Waals surface area (Å²) in [7, 11) is 0. The number of rotatable bonds is 4. The standard InChI is InChI=1S/C14H20N4O2/c1-9(2)16-8-10(7-15)18-11(13(19)20)6-12(17-18)14(3,4)5/h6-8H,1,15H2,2-5H3,(H,19,20)/b10-7+,16-8?. The molecule has 1 aromatic rings. The van der Waals surface area contributed by atoms with Crippen LogP contribution in [-0.4, -0.2) is 27.1 Å². The largest absolute Gasteiger partial charge is 0.477 e. The second-order valence-electron chi connectivity index (χ2n) is 5.47. The normalized spacial score (nSPS) is 12.9. The summed E-state index contributed by atoms with van der Waals surface area (Å²) in [6.45, 7) is 11.2. The third-order valence-electron chi connectivity index (χ3n) is 2.53. The lowest BCUT2D eigenvalue weighted by Gasteiger charge is -2.14. The lowest BCUT2D eigenvalue weighted by molar-refractivity contribution is 0.0687. The van der Waals surface area contributed by atoms with Crippen LogP contribution < -0.4 is 5.73 Å². The van der Waals surface area contributed by atoms with Gasteiger partial charge in [0.1, 0.15) is 0 Å². The monoisotopic (exact) mass is 276 g/mol. The molecule has 0 atom stereocenters. The van der Waals surface area contributed by atoms with E-state index in [0.717, 1.165) is 0 Å². The molecule has 20 heavy (non-hydrogen) atoms. The van der Waals surface area contributed by atoms with Crippen molar-refractivity contribution in [1.82, 2.24) is 9.78 Å². The van der Waals surface area contributed by atoms with E-state index in [1.807, 2.05) is 20.8 Å². The molecule has 0 aromatic carbocycles. The number of aliphatic imine (C=N–C) groups is 1. The molecule has 1 rings (SSSR count). The molecule has 0 amide bonds. The molecule has 6 nitrogen and oxygen atoms in total. The number of carboxylic acid groups (broad SMARTS) is 1. The van der Waals surface area contributed by atoms with Crippen LogP contribution in [0.1, 0.15) is 43.9 Å². The van der Waals surface area contributed by atoms with Gasteiger partial charge in [0.25, 0.3) is 0 Å². The van der Waals surface area contributed by atoms with Gasteiger partial charge in [-0.3, -0.25) is 4.99 Å². The van der Waals surface area contributed by atoms with Gasteiger partial charge in [-0.1, -0.05) is 27.4 Å². The second kappa shape index (κ2) is 5.73. The van der Waals surface area contributed by atoms with Crippen LogP contribution in [0.5, 0.6) is 0 Å². The van der Waals surface area contributed by atoms with Gasteiger partial charge < -0.3 is 10.8 Å². The number of nitrogens with two attached hydrogens (primary N) is 1. The molecular weight excluding hydrogens is 256 g/mol. The number of allylic oxidation sites excluding steroid dienone is 2. The molecule has 0 fully saturated rings. The Morgan fingerprint density at radius 1 is 1.55 bits per heavy atom. The fraction of sp³-hybridized carbons (Fsp3) is 0.357. The second-order valence-corrected chi connectivity index (χ2v) is 5.47. The van der Waals surface area contributed by atoms with Crippen LogP contribution in [0.15, 0.2) is 29.5 Å². The van der Waals surface area contributed by atoms with Gasteiger partial charge in [-0.05, 0) is 13.0 Å². The molecule has 108 valence electrons. The van der Waals surface area contributed by atoms with E-state index in [2.05, 4.69) is 16.7 Å². The lowest BCUT2D eigenvalue weighted by Crippen LogP contribution is -2.14. The van der Waals surface area contributed by atoms with Gasteiger partial charge >= 0.3 is 5.97 Å². The van der Waals surface area contributed by atoms with Crippen LogP contribution >= 0.6 is 0 Å². The summed E-state index contributed by atoms with van der Waals surface area (Å²) in [5, 5.41) is 13.6. The maximum atomic E-state index is 11.3. The zero-order chi connectivity index (χ0) is 15.5. The molecule has 0 bridgehead atoms. The molecule has 0 aliphatic rings. The Morgan fingerprint density at radius 2 is 2.15 bits per heavy atom. The zero-order valence-electron chi connectivity index (χ0n) is 12.2. The van der Waals surface area contributed by atoms with Crippen LogP contribution in [0.25, 0.3) is 5.70 Å². The predicted octanol–water partition coefficient (Wildman–Crippen LogP) is 2.24. The van der Waals surface area contributed by atoms with Crippen molar-refractivity contribution in [2.75, 3.05) is 0 Å². The third-order valence-corrected chi connectivity index (χ3v) is 2.53. The van der Waals surface area contributed by atoms with E-state index in [4.69, 9.17) is 5.73 Å². The van der Waals surface area contributed by atoms with E-state index in [0.29, 0.717) is 17.1 Å². The Morgan fingerprint density at radius 3 is 2.55 bits per heavy atom. The van der Waals surface area contributed by atoms with Gasteiger partial charge in [0, 0.05) is 17.3 Å². The summed E-state index contributed by atoms with van der Waals surface area (Å²) in [6, 6.07) is 1.54. The van der Waals surface area contributed by atoms with E-state index >= 15 is 0 Å². The van der Waals surface area contributed by atoms with E-state index < -0.39 is 5.97 Å². The Balaban J connectivity index is 3.38. The Hall–Kier alpha value is -2.37. The van der Waals surface area contributed by atoms with Gasteiger partial charge in [0.05, 0.1) is 17.6 Å². The Labute approximate surface area is 118 Å². The Kier molecular flexibility index (Phi) is 4.49. The summed E-state index contributed by atoms with van der Waals surface area (Å²) < 4.78 is 1.27. The highest BCUT2D eigenvalue weighted by molar-refractivity contribution is 6.04. The smallest absolute Gasteiger partial charge is 0.354 e. The Bertz CT molecular complexity index is 589. The van der Waals surface area contributed by atoms with Crippen molar-refractivity contribution in [3.8, 4) is 0 Å². The van der Waals surface area contributed by atoms with Crippen molar-refractivity contribution >= 4 is 17.9 Å². The first-order chi connectivity index (χ1) is 9.16. The summed E-state index contributed by atoms with van der Waals surface area (Å²) in [4.78, 5) is 15.4. The maximum absolute atomic E-state index is 11.3. The fourth-order valence-electron chi connectivity index (χ4n) is 1.44. The maximum Gasteiger partial charge on any atom is 0.354 e. The van der Waals surface area contributed by atoms with Crippen LogP contribution in [0, 0.1) is 0 Å². The molecule has 3 N–H and O–H groups in total. The molecule has 6 heteroatoms. The van der Waals surface area contributed by atoms with Crippen LogP contribution in [-0.2, 0) is 5.41 Å². The van der Waals surface area contributed by atoms with E-state index in [1.165, 1.54) is 17.1 Å². The van der Waals surface area contributed by atoms with Crippen LogP contribution in [0.3, 0.4) is 0 Å². The molecule has 0 spiro atoms. The summed E-state index contributed by atoms with van der Waals surface area (Å²) >= 11 is 0. The fourth-order valence-corrected chi connectivity index (χ4v) is 1.44. The van der Waals surface area contributed by atoms with E-state index in [9.17, 15) is 9.90 Å². The number of hydrogen-bond donors (Lipinski definition) is 2. The average Bonchev–Trinajstić information content (AvgIpc) is 2.74. The number of aromatic nitrogens is 2. The molecule has 0 saturated heterocycles. The highest BCUT2D eigenvalue weighted by Crippen LogP contribution is 2.23. The first-order valence-electron chi connectivity index (χ1n) is 6.12. The van der Waals surface area contributed by atoms with Crippen molar-refractivity contribution in [1.29, 1.82) is 0 Å². The molecular formula is C14H20N4O2. The lowest BCUT2D eigenvalue weighted by atomic mass is 9.92. The highest BCUT2D eigenvalue weighted by atomic mass is 16.4. The number of aromatic carboxylic acids is 1. The topological polar surface area (TPSA) is 93.5 Å². The number of nitrogens with zero attached hydrogens (tertiary/aromatic N) is 3. The minimum atomic E-state index is -1.07. The van der Waals surface area contributed by atoms with Crippen molar-refractivity contribution in [3.63, 3.8) is 0 Å². The molecule has 0 aliphatic carbocycles. The number of hydrogen-bond acceptors (Lipinski definition) is 4. The average molecular weight is 276 g/mol. The van der Waals surface area contributed by atoms with Gasteiger partial charge in [0.2, 0.25) is 0 Å². The molecule has 1 heterocycles. The first kappa shape index (κ1) is 15.7. The molecule has 0 saturated carbocycles. The predicted molar refractivity (Wildman–Crippen MR) is 79.7 cm³/mol. The molecule has 0 unspecified atom stereocenters.